The number of piperazine rings is 1. The highest BCUT2D eigenvalue weighted by Gasteiger charge is 2.35. The summed E-state index contributed by atoms with van der Waals surface area (Å²) in [5.41, 5.74) is 1.53. The third kappa shape index (κ3) is 4.47. The first-order valence-electron chi connectivity index (χ1n) is 11.6. The van der Waals surface area contributed by atoms with Crippen LogP contribution in [0.2, 0.25) is 0 Å². The highest BCUT2D eigenvalue weighted by Crippen LogP contribution is 2.32. The summed E-state index contributed by atoms with van der Waals surface area (Å²) in [4.78, 5) is 29.0. The molecule has 0 unspecified atom stereocenters. The van der Waals surface area contributed by atoms with Gasteiger partial charge in [0, 0.05) is 50.9 Å². The van der Waals surface area contributed by atoms with Gasteiger partial charge in [0.25, 0.3) is 5.91 Å². The normalized spacial score (nSPS) is 19.8. The van der Waals surface area contributed by atoms with E-state index in [1.807, 2.05) is 23.1 Å². The zero-order chi connectivity index (χ0) is 23.7. The van der Waals surface area contributed by atoms with Crippen molar-refractivity contribution < 1.29 is 22.7 Å². The number of sulfonamides is 1. The number of carbonyl (C=O) groups is 2. The fraction of sp³-hybridized carbons (Fsp3) is 0.417. The molecule has 2 saturated heterocycles. The lowest BCUT2D eigenvalue weighted by Gasteiger charge is -2.39. The average molecular weight is 485 g/mol. The van der Waals surface area contributed by atoms with E-state index in [4.69, 9.17) is 4.74 Å². The van der Waals surface area contributed by atoms with Crippen molar-refractivity contribution in [1.82, 2.24) is 9.21 Å². The van der Waals surface area contributed by atoms with E-state index in [-0.39, 0.29) is 29.2 Å². The third-order valence-electron chi connectivity index (χ3n) is 6.74. The summed E-state index contributed by atoms with van der Waals surface area (Å²) >= 11 is 0. The van der Waals surface area contributed by atoms with Crippen LogP contribution in [0.25, 0.3) is 0 Å². The number of benzene rings is 2. The van der Waals surface area contributed by atoms with Crippen LogP contribution in [-0.2, 0) is 19.6 Å². The maximum Gasteiger partial charge on any atom is 0.262 e. The van der Waals surface area contributed by atoms with Gasteiger partial charge in [-0.15, -0.1) is 0 Å². The maximum atomic E-state index is 13.2. The lowest BCUT2D eigenvalue weighted by molar-refractivity contribution is -0.137. The zero-order valence-electron chi connectivity index (χ0n) is 18.9. The van der Waals surface area contributed by atoms with Gasteiger partial charge >= 0.3 is 0 Å². The molecular weight excluding hydrogens is 456 g/mol. The Morgan fingerprint density at radius 2 is 1.65 bits per heavy atom. The van der Waals surface area contributed by atoms with E-state index in [1.165, 1.54) is 22.1 Å². The van der Waals surface area contributed by atoms with Crippen LogP contribution in [0.4, 0.5) is 11.4 Å². The Bertz CT molecular complexity index is 1170. The maximum absolute atomic E-state index is 13.2. The van der Waals surface area contributed by atoms with E-state index in [0.717, 1.165) is 13.1 Å². The SMILES string of the molecule is O=C1COc2ccc(S(=O)(=O)N3CCC(C(=O)N4CCN(c5ccccc5)CC4)CC3)cc2N1. The van der Waals surface area contributed by atoms with Gasteiger partial charge in [0.1, 0.15) is 5.75 Å². The number of nitrogens with zero attached hydrogens (tertiary/aromatic N) is 3. The number of rotatable bonds is 4. The molecule has 1 N–H and O–H groups in total. The van der Waals surface area contributed by atoms with Crippen LogP contribution in [-0.4, -0.2) is 75.3 Å². The molecule has 0 bridgehead atoms. The monoisotopic (exact) mass is 484 g/mol. The standard InChI is InChI=1S/C24H28N4O5S/c29-23-17-33-22-7-6-20(16-21(22)25-23)34(31,32)28-10-8-18(9-11-28)24(30)27-14-12-26(13-15-27)19-4-2-1-3-5-19/h1-7,16,18H,8-15,17H2,(H,25,29). The fourth-order valence-electron chi connectivity index (χ4n) is 4.80. The number of nitrogens with one attached hydrogen (secondary N) is 1. The molecule has 0 atom stereocenters. The van der Waals surface area contributed by atoms with Crippen molar-refractivity contribution in [2.24, 2.45) is 5.92 Å². The second-order valence-electron chi connectivity index (χ2n) is 8.82. The molecule has 10 heteroatoms. The summed E-state index contributed by atoms with van der Waals surface area (Å²) in [5.74, 6) is 0.102. The van der Waals surface area contributed by atoms with E-state index in [1.54, 1.807) is 6.07 Å². The van der Waals surface area contributed by atoms with Crippen LogP contribution in [0.5, 0.6) is 5.75 Å². The molecule has 34 heavy (non-hydrogen) atoms. The van der Waals surface area contributed by atoms with E-state index in [9.17, 15) is 18.0 Å². The van der Waals surface area contributed by atoms with Gasteiger partial charge < -0.3 is 19.9 Å². The van der Waals surface area contributed by atoms with Crippen LogP contribution >= 0.6 is 0 Å². The minimum Gasteiger partial charge on any atom is -0.482 e. The molecule has 9 nitrogen and oxygen atoms in total. The quantitative estimate of drug-likeness (QED) is 0.710. The average Bonchev–Trinajstić information content (AvgIpc) is 2.88. The number of ether oxygens (including phenoxy) is 1. The van der Waals surface area contributed by atoms with Crippen molar-refractivity contribution in [3.05, 3.63) is 48.5 Å². The number of piperidine rings is 1. The predicted molar refractivity (Wildman–Crippen MR) is 127 cm³/mol. The largest absolute Gasteiger partial charge is 0.482 e. The summed E-state index contributed by atoms with van der Waals surface area (Å²) in [7, 11) is -3.73. The minimum absolute atomic E-state index is 0.0814. The Balaban J connectivity index is 1.17. The summed E-state index contributed by atoms with van der Waals surface area (Å²) in [5, 5.41) is 2.65. The molecule has 3 aliphatic heterocycles. The van der Waals surface area contributed by atoms with Crippen LogP contribution in [0.15, 0.2) is 53.4 Å². The molecule has 0 saturated carbocycles. The van der Waals surface area contributed by atoms with Crippen LogP contribution in [0, 0.1) is 5.92 Å². The zero-order valence-corrected chi connectivity index (χ0v) is 19.7. The Morgan fingerprint density at radius 3 is 2.35 bits per heavy atom. The number of hydrogen-bond donors (Lipinski definition) is 1. The first kappa shape index (κ1) is 22.7. The van der Waals surface area contributed by atoms with Gasteiger partial charge in [-0.05, 0) is 43.2 Å². The van der Waals surface area contributed by atoms with Crippen molar-refractivity contribution in [1.29, 1.82) is 0 Å². The van der Waals surface area contributed by atoms with Crippen LogP contribution in [0.3, 0.4) is 0 Å². The summed E-state index contributed by atoms with van der Waals surface area (Å²) in [6, 6.07) is 14.7. The summed E-state index contributed by atoms with van der Waals surface area (Å²) in [6.07, 6.45) is 1.00. The molecule has 0 aliphatic carbocycles. The Hall–Kier alpha value is -3.11. The smallest absolute Gasteiger partial charge is 0.262 e. The van der Waals surface area contributed by atoms with E-state index >= 15 is 0 Å². The Labute approximate surface area is 199 Å². The van der Waals surface area contributed by atoms with Gasteiger partial charge in [-0.2, -0.15) is 4.31 Å². The van der Waals surface area contributed by atoms with Crippen molar-refractivity contribution >= 4 is 33.2 Å². The second kappa shape index (κ2) is 9.27. The lowest BCUT2D eigenvalue weighted by Crippen LogP contribution is -2.52. The molecule has 2 amide bonds. The minimum atomic E-state index is -3.73. The number of hydrogen-bond acceptors (Lipinski definition) is 6. The third-order valence-corrected chi connectivity index (χ3v) is 8.63. The van der Waals surface area contributed by atoms with Crippen molar-refractivity contribution in [2.75, 3.05) is 56.1 Å². The van der Waals surface area contributed by atoms with Crippen molar-refractivity contribution in [2.45, 2.75) is 17.7 Å². The topological polar surface area (TPSA) is 99.3 Å². The summed E-state index contributed by atoms with van der Waals surface area (Å²) in [6.45, 7) is 3.45. The first-order chi connectivity index (χ1) is 16.4. The molecule has 0 radical (unpaired) electrons. The van der Waals surface area contributed by atoms with Crippen molar-refractivity contribution in [3.8, 4) is 5.75 Å². The molecule has 180 valence electrons. The Kier molecular flexibility index (Phi) is 6.18. The van der Waals surface area contributed by atoms with Gasteiger partial charge in [0.05, 0.1) is 10.6 Å². The van der Waals surface area contributed by atoms with Crippen LogP contribution in [0.1, 0.15) is 12.8 Å². The molecular formula is C24H28N4O5S. The summed E-state index contributed by atoms with van der Waals surface area (Å²) < 4.78 is 33.1. The second-order valence-corrected chi connectivity index (χ2v) is 10.8. The number of anilines is 2. The molecule has 3 heterocycles. The van der Waals surface area contributed by atoms with Crippen LogP contribution < -0.4 is 15.0 Å². The molecule has 3 aliphatic rings. The fourth-order valence-corrected chi connectivity index (χ4v) is 6.29. The van der Waals surface area contributed by atoms with Gasteiger partial charge in [0.2, 0.25) is 15.9 Å². The number of fused-ring (bicyclic) bond motifs is 1. The van der Waals surface area contributed by atoms with E-state index in [0.29, 0.717) is 50.5 Å². The van der Waals surface area contributed by atoms with Gasteiger partial charge in [-0.1, -0.05) is 18.2 Å². The van der Waals surface area contributed by atoms with E-state index in [2.05, 4.69) is 22.3 Å². The predicted octanol–water partition coefficient (Wildman–Crippen LogP) is 1.77. The lowest BCUT2D eigenvalue weighted by atomic mass is 9.96. The number of carbonyl (C=O) groups excluding carboxylic acids is 2. The molecule has 2 aromatic carbocycles. The molecule has 2 aromatic rings. The highest BCUT2D eigenvalue weighted by atomic mass is 32.2. The molecule has 0 spiro atoms. The molecule has 5 rings (SSSR count). The van der Waals surface area contributed by atoms with Gasteiger partial charge in [0.15, 0.2) is 6.61 Å². The van der Waals surface area contributed by atoms with Gasteiger partial charge in [-0.3, -0.25) is 9.59 Å². The van der Waals surface area contributed by atoms with Crippen molar-refractivity contribution in [3.63, 3.8) is 0 Å². The highest BCUT2D eigenvalue weighted by molar-refractivity contribution is 7.89. The number of amides is 2. The first-order valence-corrected chi connectivity index (χ1v) is 13.0. The number of para-hydroxylation sites is 1. The molecule has 0 aromatic heterocycles. The Morgan fingerprint density at radius 1 is 0.941 bits per heavy atom. The molecule has 2 fully saturated rings. The van der Waals surface area contributed by atoms with E-state index < -0.39 is 10.0 Å². The van der Waals surface area contributed by atoms with Gasteiger partial charge in [-0.25, -0.2) is 8.42 Å².